The lowest BCUT2D eigenvalue weighted by Gasteiger charge is -2.14. The fourth-order valence-corrected chi connectivity index (χ4v) is 2.27. The third-order valence-corrected chi connectivity index (χ3v) is 3.55. The second-order valence-corrected chi connectivity index (χ2v) is 4.81. The van der Waals surface area contributed by atoms with E-state index >= 15 is 0 Å². The number of hydrogen-bond acceptors (Lipinski definition) is 5. The fourth-order valence-electron chi connectivity index (χ4n) is 2.27. The number of aromatic nitrogens is 4. The molecule has 0 atom stereocenters. The molecule has 1 aromatic carbocycles. The Kier molecular flexibility index (Phi) is 3.43. The molecule has 3 rings (SSSR count). The Balaban J connectivity index is 1.95. The average molecular weight is 283 g/mol. The number of aryl methyl sites for hydroxylation is 1. The lowest BCUT2D eigenvalue weighted by molar-refractivity contribution is 0.410. The Hall–Kier alpha value is -2.63. The number of hydrogen-bond donors (Lipinski definition) is 1. The monoisotopic (exact) mass is 283 g/mol. The second-order valence-electron chi connectivity index (χ2n) is 4.81. The molecular formula is C15H17N5O. The van der Waals surface area contributed by atoms with Gasteiger partial charge in [0.2, 0.25) is 0 Å². The minimum Gasteiger partial charge on any atom is -0.496 e. The Morgan fingerprint density at radius 3 is 2.86 bits per heavy atom. The zero-order valence-electron chi connectivity index (χ0n) is 12.3. The van der Waals surface area contributed by atoms with E-state index in [1.54, 1.807) is 11.6 Å². The zero-order chi connectivity index (χ0) is 14.8. The molecule has 0 saturated heterocycles. The van der Waals surface area contributed by atoms with E-state index in [4.69, 9.17) is 4.74 Å². The van der Waals surface area contributed by atoms with E-state index in [2.05, 4.69) is 20.4 Å². The summed E-state index contributed by atoms with van der Waals surface area (Å²) in [5, 5.41) is 7.64. The summed E-state index contributed by atoms with van der Waals surface area (Å²) in [5.74, 6) is 2.37. The van der Waals surface area contributed by atoms with Crippen LogP contribution in [0.5, 0.6) is 5.75 Å². The molecule has 3 aromatic rings. The minimum atomic E-state index is 0.598. The van der Waals surface area contributed by atoms with Gasteiger partial charge in [0.15, 0.2) is 0 Å². The molecule has 21 heavy (non-hydrogen) atoms. The minimum absolute atomic E-state index is 0.598. The summed E-state index contributed by atoms with van der Waals surface area (Å²) in [4.78, 5) is 8.56. The van der Waals surface area contributed by atoms with Gasteiger partial charge in [-0.05, 0) is 19.9 Å². The summed E-state index contributed by atoms with van der Waals surface area (Å²) in [6.45, 7) is 4.63. The number of para-hydroxylation sites is 1. The number of ether oxygens (including phenoxy) is 1. The van der Waals surface area contributed by atoms with Gasteiger partial charge in [-0.3, -0.25) is 0 Å². The van der Waals surface area contributed by atoms with Gasteiger partial charge < -0.3 is 10.1 Å². The van der Waals surface area contributed by atoms with Crippen LogP contribution in [0.4, 0.5) is 5.82 Å². The van der Waals surface area contributed by atoms with Gasteiger partial charge in [0, 0.05) is 23.4 Å². The molecule has 108 valence electrons. The first-order valence-electron chi connectivity index (χ1n) is 6.73. The van der Waals surface area contributed by atoms with Gasteiger partial charge >= 0.3 is 0 Å². The van der Waals surface area contributed by atoms with E-state index in [1.807, 2.05) is 38.1 Å². The Bertz CT molecular complexity index is 781. The highest BCUT2D eigenvalue weighted by molar-refractivity contribution is 5.52. The summed E-state index contributed by atoms with van der Waals surface area (Å²) in [6.07, 6.45) is 1.51. The molecule has 0 aliphatic heterocycles. The summed E-state index contributed by atoms with van der Waals surface area (Å²) in [6, 6.07) is 7.94. The van der Waals surface area contributed by atoms with Gasteiger partial charge in [-0.2, -0.15) is 14.6 Å². The van der Waals surface area contributed by atoms with Crippen molar-refractivity contribution in [2.75, 3.05) is 12.4 Å². The number of nitrogens with zero attached hydrogens (tertiary/aromatic N) is 4. The Labute approximate surface area is 122 Å². The summed E-state index contributed by atoms with van der Waals surface area (Å²) >= 11 is 0. The van der Waals surface area contributed by atoms with Crippen molar-refractivity contribution >= 4 is 11.6 Å². The highest BCUT2D eigenvalue weighted by atomic mass is 16.5. The standard InChI is InChI=1S/C15H17N5O/c1-10-11(2)19-15-17-9-18-20(15)14(10)16-8-12-6-4-5-7-13(12)21-3/h4-7,9,16H,8H2,1-3H3. The van der Waals surface area contributed by atoms with Crippen LogP contribution in [-0.2, 0) is 6.54 Å². The van der Waals surface area contributed by atoms with Gasteiger partial charge in [-0.1, -0.05) is 18.2 Å². The molecule has 0 unspecified atom stereocenters. The van der Waals surface area contributed by atoms with Crippen molar-refractivity contribution in [1.82, 2.24) is 19.6 Å². The van der Waals surface area contributed by atoms with Crippen molar-refractivity contribution in [3.05, 3.63) is 47.4 Å². The van der Waals surface area contributed by atoms with E-state index in [1.165, 1.54) is 6.33 Å². The molecular weight excluding hydrogens is 266 g/mol. The van der Waals surface area contributed by atoms with Crippen molar-refractivity contribution < 1.29 is 4.74 Å². The maximum absolute atomic E-state index is 5.37. The molecule has 6 nitrogen and oxygen atoms in total. The Morgan fingerprint density at radius 1 is 1.24 bits per heavy atom. The number of anilines is 1. The number of nitrogens with one attached hydrogen (secondary N) is 1. The molecule has 0 amide bonds. The van der Waals surface area contributed by atoms with E-state index < -0.39 is 0 Å². The molecule has 6 heteroatoms. The number of rotatable bonds is 4. The van der Waals surface area contributed by atoms with Crippen LogP contribution in [0.3, 0.4) is 0 Å². The molecule has 0 fully saturated rings. The van der Waals surface area contributed by atoms with Crippen LogP contribution in [0, 0.1) is 13.8 Å². The van der Waals surface area contributed by atoms with Crippen LogP contribution in [0.25, 0.3) is 5.78 Å². The van der Waals surface area contributed by atoms with Crippen molar-refractivity contribution in [3.8, 4) is 5.75 Å². The molecule has 2 heterocycles. The van der Waals surface area contributed by atoms with Gasteiger partial charge in [0.1, 0.15) is 17.9 Å². The quantitative estimate of drug-likeness (QED) is 0.796. The summed E-state index contributed by atoms with van der Waals surface area (Å²) in [7, 11) is 1.68. The van der Waals surface area contributed by atoms with Gasteiger partial charge in [-0.25, -0.2) is 4.98 Å². The van der Waals surface area contributed by atoms with Crippen LogP contribution in [0.2, 0.25) is 0 Å². The van der Waals surface area contributed by atoms with E-state index in [-0.39, 0.29) is 0 Å². The van der Waals surface area contributed by atoms with E-state index in [0.717, 1.165) is 28.4 Å². The molecule has 0 radical (unpaired) electrons. The predicted octanol–water partition coefficient (Wildman–Crippen LogP) is 2.36. The van der Waals surface area contributed by atoms with Crippen LogP contribution < -0.4 is 10.1 Å². The Morgan fingerprint density at radius 2 is 2.05 bits per heavy atom. The highest BCUT2D eigenvalue weighted by Gasteiger charge is 2.11. The van der Waals surface area contributed by atoms with Crippen LogP contribution in [-0.4, -0.2) is 26.7 Å². The largest absolute Gasteiger partial charge is 0.496 e. The van der Waals surface area contributed by atoms with Crippen molar-refractivity contribution in [3.63, 3.8) is 0 Å². The molecule has 0 spiro atoms. The molecule has 2 aromatic heterocycles. The van der Waals surface area contributed by atoms with Gasteiger partial charge in [-0.15, -0.1) is 0 Å². The maximum atomic E-state index is 5.37. The average Bonchev–Trinajstić information content (AvgIpc) is 2.96. The molecule has 0 aliphatic rings. The van der Waals surface area contributed by atoms with Crippen molar-refractivity contribution in [1.29, 1.82) is 0 Å². The second kappa shape index (κ2) is 5.40. The zero-order valence-corrected chi connectivity index (χ0v) is 12.3. The fraction of sp³-hybridized carbons (Fsp3) is 0.267. The smallest absolute Gasteiger partial charge is 0.254 e. The lowest BCUT2D eigenvalue weighted by atomic mass is 10.2. The number of fused-ring (bicyclic) bond motifs is 1. The first-order valence-corrected chi connectivity index (χ1v) is 6.73. The van der Waals surface area contributed by atoms with Crippen LogP contribution >= 0.6 is 0 Å². The number of benzene rings is 1. The topological polar surface area (TPSA) is 64.3 Å². The molecule has 1 N–H and O–H groups in total. The SMILES string of the molecule is COc1ccccc1CNc1c(C)c(C)nc2ncnn12. The molecule has 0 aliphatic carbocycles. The summed E-state index contributed by atoms with van der Waals surface area (Å²) < 4.78 is 7.09. The van der Waals surface area contributed by atoms with Crippen molar-refractivity contribution in [2.24, 2.45) is 0 Å². The van der Waals surface area contributed by atoms with Crippen molar-refractivity contribution in [2.45, 2.75) is 20.4 Å². The van der Waals surface area contributed by atoms with E-state index in [9.17, 15) is 0 Å². The first kappa shape index (κ1) is 13.4. The first-order chi connectivity index (χ1) is 10.2. The molecule has 0 bridgehead atoms. The normalized spacial score (nSPS) is 10.8. The summed E-state index contributed by atoms with van der Waals surface area (Å²) in [5.41, 5.74) is 3.09. The number of methoxy groups -OCH3 is 1. The van der Waals surface area contributed by atoms with E-state index in [0.29, 0.717) is 12.3 Å². The lowest BCUT2D eigenvalue weighted by Crippen LogP contribution is -2.10. The highest BCUT2D eigenvalue weighted by Crippen LogP contribution is 2.21. The van der Waals surface area contributed by atoms with Gasteiger partial charge in [0.05, 0.1) is 7.11 Å². The maximum Gasteiger partial charge on any atom is 0.254 e. The third kappa shape index (κ3) is 2.40. The predicted molar refractivity (Wildman–Crippen MR) is 80.6 cm³/mol. The third-order valence-electron chi connectivity index (χ3n) is 3.55. The van der Waals surface area contributed by atoms with Crippen LogP contribution in [0.1, 0.15) is 16.8 Å². The van der Waals surface area contributed by atoms with Crippen LogP contribution in [0.15, 0.2) is 30.6 Å². The van der Waals surface area contributed by atoms with Gasteiger partial charge in [0.25, 0.3) is 5.78 Å². The molecule has 0 saturated carbocycles.